The highest BCUT2D eigenvalue weighted by atomic mass is 16.2. The van der Waals surface area contributed by atoms with Gasteiger partial charge in [-0.05, 0) is 55.7 Å². The number of nitrogens with zero attached hydrogens (tertiary/aromatic N) is 1. The lowest BCUT2D eigenvalue weighted by Gasteiger charge is -2.05. The van der Waals surface area contributed by atoms with Crippen molar-refractivity contribution in [3.8, 4) is 0 Å². The van der Waals surface area contributed by atoms with Crippen molar-refractivity contribution in [1.82, 2.24) is 5.43 Å². The fraction of sp³-hybridized carbons (Fsp3) is 0.176. The third-order valence-electron chi connectivity index (χ3n) is 3.29. The van der Waals surface area contributed by atoms with E-state index in [0.29, 0.717) is 5.56 Å². The van der Waals surface area contributed by atoms with E-state index in [1.54, 1.807) is 12.1 Å². The van der Waals surface area contributed by atoms with Crippen LogP contribution < -0.4 is 5.43 Å². The molecule has 0 unspecified atom stereocenters. The predicted octanol–water partition coefficient (Wildman–Crippen LogP) is 3.46. The van der Waals surface area contributed by atoms with Gasteiger partial charge in [0, 0.05) is 5.56 Å². The van der Waals surface area contributed by atoms with Gasteiger partial charge >= 0.3 is 0 Å². The van der Waals surface area contributed by atoms with E-state index >= 15 is 0 Å². The molecule has 20 heavy (non-hydrogen) atoms. The highest BCUT2D eigenvalue weighted by molar-refractivity contribution is 6.01. The van der Waals surface area contributed by atoms with E-state index in [-0.39, 0.29) is 5.91 Å². The molecule has 2 aromatic rings. The summed E-state index contributed by atoms with van der Waals surface area (Å²) >= 11 is 0. The molecular formula is C17H18N2O. The molecule has 0 spiro atoms. The molecule has 1 N–H and O–H groups in total. The number of nitrogens with one attached hydrogen (secondary N) is 1. The lowest BCUT2D eigenvalue weighted by Crippen LogP contribution is -2.19. The van der Waals surface area contributed by atoms with Crippen LogP contribution in [0.3, 0.4) is 0 Å². The second-order valence-corrected chi connectivity index (χ2v) is 4.80. The van der Waals surface area contributed by atoms with Crippen LogP contribution in [0.5, 0.6) is 0 Å². The Morgan fingerprint density at radius 2 is 1.65 bits per heavy atom. The predicted molar refractivity (Wildman–Crippen MR) is 82.0 cm³/mol. The van der Waals surface area contributed by atoms with Crippen molar-refractivity contribution in [2.45, 2.75) is 20.8 Å². The van der Waals surface area contributed by atoms with Gasteiger partial charge in [-0.25, -0.2) is 5.43 Å². The Hall–Kier alpha value is -2.42. The summed E-state index contributed by atoms with van der Waals surface area (Å²) in [6.07, 6.45) is 0. The van der Waals surface area contributed by atoms with Crippen LogP contribution in [0, 0.1) is 13.8 Å². The number of amides is 1. The average Bonchev–Trinajstić information content (AvgIpc) is 2.48. The number of carbonyl (C=O) groups is 1. The largest absolute Gasteiger partial charge is 0.271 e. The molecule has 0 radical (unpaired) electrons. The summed E-state index contributed by atoms with van der Waals surface area (Å²) < 4.78 is 0. The van der Waals surface area contributed by atoms with Gasteiger partial charge in [-0.15, -0.1) is 0 Å². The fourth-order valence-electron chi connectivity index (χ4n) is 1.82. The first kappa shape index (κ1) is 14.0. The maximum Gasteiger partial charge on any atom is 0.271 e. The van der Waals surface area contributed by atoms with E-state index in [1.807, 2.05) is 31.2 Å². The Kier molecular flexibility index (Phi) is 4.31. The van der Waals surface area contributed by atoms with Gasteiger partial charge in [0.1, 0.15) is 0 Å². The van der Waals surface area contributed by atoms with Crippen molar-refractivity contribution in [3.63, 3.8) is 0 Å². The van der Waals surface area contributed by atoms with Crippen molar-refractivity contribution < 1.29 is 4.79 Å². The fourth-order valence-corrected chi connectivity index (χ4v) is 1.82. The van der Waals surface area contributed by atoms with Crippen molar-refractivity contribution in [1.29, 1.82) is 0 Å². The van der Waals surface area contributed by atoms with Crippen molar-refractivity contribution in [3.05, 3.63) is 70.8 Å². The van der Waals surface area contributed by atoms with Crippen LogP contribution >= 0.6 is 0 Å². The average molecular weight is 266 g/mol. The first-order valence-corrected chi connectivity index (χ1v) is 6.55. The van der Waals surface area contributed by atoms with Gasteiger partial charge < -0.3 is 0 Å². The molecule has 0 aliphatic heterocycles. The quantitative estimate of drug-likeness (QED) is 0.671. The van der Waals surface area contributed by atoms with Gasteiger partial charge in [0.15, 0.2) is 0 Å². The number of carbonyl (C=O) groups excluding carboxylic acids is 1. The van der Waals surface area contributed by atoms with Crippen molar-refractivity contribution >= 4 is 11.6 Å². The van der Waals surface area contributed by atoms with Gasteiger partial charge in [-0.2, -0.15) is 5.10 Å². The lowest BCUT2D eigenvalue weighted by atomic mass is 10.0. The van der Waals surface area contributed by atoms with Crippen molar-refractivity contribution in [2.24, 2.45) is 5.10 Å². The molecule has 3 heteroatoms. The first-order chi connectivity index (χ1) is 9.58. The minimum absolute atomic E-state index is 0.200. The van der Waals surface area contributed by atoms with E-state index in [0.717, 1.165) is 11.3 Å². The van der Waals surface area contributed by atoms with E-state index in [4.69, 9.17) is 0 Å². The van der Waals surface area contributed by atoms with Gasteiger partial charge in [0.2, 0.25) is 0 Å². The first-order valence-electron chi connectivity index (χ1n) is 6.55. The molecule has 0 saturated carbocycles. The third-order valence-corrected chi connectivity index (χ3v) is 3.29. The Morgan fingerprint density at radius 1 is 0.950 bits per heavy atom. The summed E-state index contributed by atoms with van der Waals surface area (Å²) in [5.41, 5.74) is 7.45. The standard InChI is InChI=1S/C17H18N2O/c1-12-9-10-16(11-13(12)2)14(3)18-19-17(20)15-7-5-4-6-8-15/h4-11H,1-3H3,(H,19,20)/b18-14+. The Balaban J connectivity index is 2.11. The zero-order valence-electron chi connectivity index (χ0n) is 12.0. The monoisotopic (exact) mass is 266 g/mol. The molecule has 0 fully saturated rings. The zero-order chi connectivity index (χ0) is 14.5. The van der Waals surface area contributed by atoms with Gasteiger partial charge in [0.25, 0.3) is 5.91 Å². The van der Waals surface area contributed by atoms with Gasteiger partial charge in [-0.3, -0.25) is 4.79 Å². The third kappa shape index (κ3) is 3.32. The molecule has 102 valence electrons. The molecule has 2 rings (SSSR count). The van der Waals surface area contributed by atoms with Crippen molar-refractivity contribution in [2.75, 3.05) is 0 Å². The molecule has 1 amide bonds. The van der Waals surface area contributed by atoms with Crippen LogP contribution in [0.2, 0.25) is 0 Å². The highest BCUT2D eigenvalue weighted by Gasteiger charge is 2.04. The van der Waals surface area contributed by atoms with E-state index in [1.165, 1.54) is 11.1 Å². The van der Waals surface area contributed by atoms with Crippen LogP contribution in [0.25, 0.3) is 0 Å². The zero-order valence-corrected chi connectivity index (χ0v) is 12.0. The molecular weight excluding hydrogens is 248 g/mol. The summed E-state index contributed by atoms with van der Waals surface area (Å²) in [5.74, 6) is -0.200. The Bertz CT molecular complexity index is 645. The lowest BCUT2D eigenvalue weighted by molar-refractivity contribution is 0.0955. The normalized spacial score (nSPS) is 11.2. The minimum Gasteiger partial charge on any atom is -0.267 e. The number of rotatable bonds is 3. The number of hydrazone groups is 1. The second-order valence-electron chi connectivity index (χ2n) is 4.80. The SMILES string of the molecule is C/C(=N\NC(=O)c1ccccc1)c1ccc(C)c(C)c1. The molecule has 0 aliphatic carbocycles. The summed E-state index contributed by atoms with van der Waals surface area (Å²) in [6.45, 7) is 6.02. The van der Waals surface area contributed by atoms with Crippen LogP contribution in [0.4, 0.5) is 0 Å². The van der Waals surface area contributed by atoms with Crippen LogP contribution in [0.15, 0.2) is 53.6 Å². The molecule has 0 aromatic heterocycles. The molecule has 2 aromatic carbocycles. The summed E-state index contributed by atoms with van der Waals surface area (Å²) in [7, 11) is 0. The number of aryl methyl sites for hydroxylation is 2. The number of hydrogen-bond acceptors (Lipinski definition) is 2. The van der Waals surface area contributed by atoms with E-state index in [9.17, 15) is 4.79 Å². The maximum absolute atomic E-state index is 11.9. The Morgan fingerprint density at radius 3 is 2.30 bits per heavy atom. The van der Waals surface area contributed by atoms with Gasteiger partial charge in [-0.1, -0.05) is 30.3 Å². The number of benzene rings is 2. The summed E-state index contributed by atoms with van der Waals surface area (Å²) in [6, 6.07) is 15.2. The molecule has 3 nitrogen and oxygen atoms in total. The molecule has 0 saturated heterocycles. The Labute approximate surface area is 119 Å². The maximum atomic E-state index is 11.9. The summed E-state index contributed by atoms with van der Waals surface area (Å²) in [5, 5.41) is 4.16. The van der Waals surface area contributed by atoms with Crippen LogP contribution in [-0.4, -0.2) is 11.6 Å². The highest BCUT2D eigenvalue weighted by Crippen LogP contribution is 2.10. The van der Waals surface area contributed by atoms with Crippen LogP contribution in [0.1, 0.15) is 34.0 Å². The summed E-state index contributed by atoms with van der Waals surface area (Å²) in [4.78, 5) is 11.9. The molecule has 0 heterocycles. The minimum atomic E-state index is -0.200. The second kappa shape index (κ2) is 6.15. The molecule has 0 aliphatic rings. The topological polar surface area (TPSA) is 41.5 Å². The molecule has 0 atom stereocenters. The van der Waals surface area contributed by atoms with Crippen LogP contribution in [-0.2, 0) is 0 Å². The molecule has 0 bridgehead atoms. The number of hydrogen-bond donors (Lipinski definition) is 1. The van der Waals surface area contributed by atoms with E-state index < -0.39 is 0 Å². The van der Waals surface area contributed by atoms with Gasteiger partial charge in [0.05, 0.1) is 5.71 Å². The van der Waals surface area contributed by atoms with E-state index in [2.05, 4.69) is 36.5 Å². The smallest absolute Gasteiger partial charge is 0.267 e.